The van der Waals surface area contributed by atoms with Gasteiger partial charge in [-0.1, -0.05) is 72.8 Å². The van der Waals surface area contributed by atoms with Crippen LogP contribution in [0, 0.1) is 0 Å². The summed E-state index contributed by atoms with van der Waals surface area (Å²) in [5.41, 5.74) is 0. The van der Waals surface area contributed by atoms with E-state index in [1.807, 2.05) is 0 Å². The first-order valence-corrected chi connectivity index (χ1v) is 22.3. The van der Waals surface area contributed by atoms with Crippen LogP contribution >= 0.6 is 0 Å². The van der Waals surface area contributed by atoms with Gasteiger partial charge in [0.25, 0.3) is 0 Å². The highest BCUT2D eigenvalue weighted by atomic mass is 32.2. The minimum Gasteiger partial charge on any atom is -0.743 e. The van der Waals surface area contributed by atoms with E-state index in [1.54, 1.807) is 0 Å². The van der Waals surface area contributed by atoms with Crippen LogP contribution in [0.15, 0.2) is 175 Å². The predicted molar refractivity (Wildman–Crippen MR) is 198 cm³/mol. The first-order valence-electron chi connectivity index (χ1n) is 17.0. The standard InChI is InChI=1S/C30H24S2.2C4HF9O3S/c1-5-13-25(14-6-1)31(26-15-7-2-8-16-26)29-21-23-30(24-22-29)32(27-17-9-3-10-18-27)28-19-11-4-12-20-28;2*5-1(6,3(9,10)11)2(7,8)4(12,13)17(14,15)16/h1-24H;2*(H,14,15,16)/q+2;;/p-2. The topological polar surface area (TPSA) is 114 Å². The maximum absolute atomic E-state index is 12.2. The Kier molecular flexibility index (Phi) is 16.8. The number of alkyl halides is 18. The third-order valence-electron chi connectivity index (χ3n) is 8.07. The molecule has 0 fully saturated rings. The summed E-state index contributed by atoms with van der Waals surface area (Å²) in [5.74, 6) is -29.6. The minimum absolute atomic E-state index is 0.122. The largest absolute Gasteiger partial charge is 0.743 e. The third kappa shape index (κ3) is 11.4. The maximum Gasteiger partial charge on any atom is 0.460 e. The van der Waals surface area contributed by atoms with E-state index in [2.05, 4.69) is 146 Å². The van der Waals surface area contributed by atoms with E-state index in [-0.39, 0.29) is 21.8 Å². The van der Waals surface area contributed by atoms with Gasteiger partial charge in [0.1, 0.15) is 0 Å². The van der Waals surface area contributed by atoms with Crippen LogP contribution < -0.4 is 0 Å². The molecule has 0 aliphatic carbocycles. The third-order valence-corrected chi connectivity index (χ3v) is 14.3. The lowest BCUT2D eigenvalue weighted by molar-refractivity contribution is -0.382. The molecule has 0 unspecified atom stereocenters. The molecule has 0 spiro atoms. The molecule has 0 aliphatic heterocycles. The van der Waals surface area contributed by atoms with Gasteiger partial charge in [0.15, 0.2) is 49.6 Å². The monoisotopic (exact) mass is 1050 g/mol. The van der Waals surface area contributed by atoms with Crippen LogP contribution in [0.3, 0.4) is 0 Å². The second-order valence-corrected chi connectivity index (χ2v) is 19.5. The van der Waals surface area contributed by atoms with Crippen LogP contribution in [-0.4, -0.2) is 72.5 Å². The number of benzene rings is 5. The molecule has 66 heavy (non-hydrogen) atoms. The Hall–Kier alpha value is -4.64. The van der Waals surface area contributed by atoms with Gasteiger partial charge in [-0.2, -0.15) is 79.0 Å². The van der Waals surface area contributed by atoms with E-state index in [4.69, 9.17) is 0 Å². The van der Waals surface area contributed by atoms with Gasteiger partial charge in [0.05, 0.1) is 21.8 Å². The lowest BCUT2D eigenvalue weighted by atomic mass is 10.1. The molecule has 0 bridgehead atoms. The Morgan fingerprint density at radius 3 is 0.606 bits per heavy atom. The number of hydrogen-bond acceptors (Lipinski definition) is 6. The lowest BCUT2D eigenvalue weighted by Crippen LogP contribution is -2.63. The molecule has 0 aromatic heterocycles. The number of halogens is 18. The molecule has 0 atom stereocenters. The van der Waals surface area contributed by atoms with Crippen molar-refractivity contribution in [3.63, 3.8) is 0 Å². The highest BCUT2D eigenvalue weighted by Crippen LogP contribution is 2.55. The van der Waals surface area contributed by atoms with Gasteiger partial charge in [-0.05, 0) is 72.8 Å². The zero-order valence-electron chi connectivity index (χ0n) is 31.7. The van der Waals surface area contributed by atoms with Gasteiger partial charge in [-0.15, -0.1) is 0 Å². The highest BCUT2D eigenvalue weighted by Gasteiger charge is 2.85. The fourth-order valence-corrected chi connectivity index (χ4v) is 9.84. The van der Waals surface area contributed by atoms with Crippen molar-refractivity contribution in [3.8, 4) is 0 Å². The fourth-order valence-electron chi connectivity index (χ4n) is 4.79. The Bertz CT molecular complexity index is 2310. The molecule has 0 heterocycles. The lowest BCUT2D eigenvalue weighted by Gasteiger charge is -2.34. The van der Waals surface area contributed by atoms with Crippen LogP contribution in [0.4, 0.5) is 79.0 Å². The van der Waals surface area contributed by atoms with E-state index in [0.29, 0.717) is 0 Å². The molecule has 0 radical (unpaired) electrons. The summed E-state index contributed by atoms with van der Waals surface area (Å²) in [6, 6.07) is 52.6. The summed E-state index contributed by atoms with van der Waals surface area (Å²) in [4.78, 5) is 8.06. The van der Waals surface area contributed by atoms with Gasteiger partial charge >= 0.3 is 46.6 Å². The molecular formula is C38H24F18O6S4. The van der Waals surface area contributed by atoms with Gasteiger partial charge in [0, 0.05) is 0 Å². The van der Waals surface area contributed by atoms with Crippen molar-refractivity contribution in [2.45, 2.75) is 75.9 Å². The highest BCUT2D eigenvalue weighted by molar-refractivity contribution is 7.97. The Morgan fingerprint density at radius 2 is 0.455 bits per heavy atom. The quantitative estimate of drug-likeness (QED) is 0.0698. The zero-order chi connectivity index (χ0) is 50.6. The molecule has 28 heteroatoms. The molecule has 5 rings (SSSR count). The second kappa shape index (κ2) is 19.9. The molecule has 0 amide bonds. The molecule has 6 nitrogen and oxygen atoms in total. The van der Waals surface area contributed by atoms with Crippen LogP contribution in [-0.2, 0) is 42.0 Å². The molecule has 0 N–H and O–H groups in total. The van der Waals surface area contributed by atoms with E-state index in [0.717, 1.165) is 0 Å². The first-order chi connectivity index (χ1) is 29.9. The van der Waals surface area contributed by atoms with Crippen molar-refractivity contribution in [1.29, 1.82) is 0 Å². The summed E-state index contributed by atoms with van der Waals surface area (Å²) in [7, 11) is -15.1. The second-order valence-electron chi connectivity index (χ2n) is 12.6. The Balaban J connectivity index is 0.000000291. The normalized spacial score (nSPS) is 13.7. The van der Waals surface area contributed by atoms with Crippen molar-refractivity contribution in [1.82, 2.24) is 0 Å². The predicted octanol–water partition coefficient (Wildman–Crippen LogP) is 11.8. The smallest absolute Gasteiger partial charge is 0.460 e. The molecule has 362 valence electrons. The van der Waals surface area contributed by atoms with E-state index in [9.17, 15) is 105 Å². The Labute approximate surface area is 367 Å². The van der Waals surface area contributed by atoms with Crippen LogP contribution in [0.1, 0.15) is 0 Å². The van der Waals surface area contributed by atoms with Crippen LogP contribution in [0.5, 0.6) is 0 Å². The van der Waals surface area contributed by atoms with Crippen molar-refractivity contribution < 1.29 is 105 Å². The zero-order valence-corrected chi connectivity index (χ0v) is 35.0. The van der Waals surface area contributed by atoms with Gasteiger partial charge in [-0.25, -0.2) is 16.8 Å². The SMILES string of the molecule is O=S(=O)([O-])C(F)(F)C(F)(F)C(F)(F)C(F)(F)F.O=S(=O)([O-])C(F)(F)C(F)(F)C(F)(F)C(F)(F)F.c1ccc([S+](c2ccccc2)c2ccc([S+](c3ccccc3)c3ccccc3)cc2)cc1. The van der Waals surface area contributed by atoms with E-state index in [1.165, 1.54) is 29.4 Å². The van der Waals surface area contributed by atoms with Crippen molar-refractivity contribution in [3.05, 3.63) is 146 Å². The summed E-state index contributed by atoms with van der Waals surface area (Å²) in [6.07, 6.45) is -14.3. The summed E-state index contributed by atoms with van der Waals surface area (Å²) in [5, 5.41) is -14.2. The van der Waals surface area contributed by atoms with E-state index >= 15 is 0 Å². The number of hydrogen-bond donors (Lipinski definition) is 0. The average Bonchev–Trinajstić information content (AvgIpc) is 3.22. The minimum atomic E-state index is -7.43. The molecule has 5 aromatic rings. The van der Waals surface area contributed by atoms with Gasteiger partial charge in [-0.3, -0.25) is 0 Å². The van der Waals surface area contributed by atoms with Crippen LogP contribution in [0.25, 0.3) is 0 Å². The Morgan fingerprint density at radius 1 is 0.288 bits per heavy atom. The first kappa shape index (κ1) is 55.7. The fraction of sp³-hybridized carbons (Fsp3) is 0.211. The average molecular weight is 1050 g/mol. The molecular weight excluding hydrogens is 1020 g/mol. The molecule has 5 aromatic carbocycles. The van der Waals surface area contributed by atoms with Crippen molar-refractivity contribution in [2.75, 3.05) is 0 Å². The molecule has 0 aliphatic rings. The van der Waals surface area contributed by atoms with E-state index < -0.39 is 66.8 Å². The van der Waals surface area contributed by atoms with Crippen LogP contribution in [0.2, 0.25) is 0 Å². The van der Waals surface area contributed by atoms with Crippen molar-refractivity contribution in [2.24, 2.45) is 0 Å². The van der Waals surface area contributed by atoms with Gasteiger partial charge < -0.3 is 9.11 Å². The summed E-state index contributed by atoms with van der Waals surface area (Å²) >= 11 is 0. The van der Waals surface area contributed by atoms with Gasteiger partial charge in [0.2, 0.25) is 0 Å². The maximum atomic E-state index is 12.2. The molecule has 0 saturated heterocycles. The number of rotatable bonds is 12. The summed E-state index contributed by atoms with van der Waals surface area (Å²) < 4.78 is 271. The van der Waals surface area contributed by atoms with Crippen molar-refractivity contribution >= 4 is 42.0 Å². The summed E-state index contributed by atoms with van der Waals surface area (Å²) in [6.45, 7) is 0. The molecule has 0 saturated carbocycles.